The van der Waals surface area contributed by atoms with E-state index in [0.29, 0.717) is 45.6 Å². The van der Waals surface area contributed by atoms with Crippen LogP contribution in [0.2, 0.25) is 0 Å². The van der Waals surface area contributed by atoms with Gasteiger partial charge in [0.1, 0.15) is 11.5 Å². The molecule has 0 atom stereocenters. The Bertz CT molecular complexity index is 1300. The fourth-order valence-corrected chi connectivity index (χ4v) is 4.37. The van der Waals surface area contributed by atoms with Crippen molar-refractivity contribution in [3.05, 3.63) is 65.9 Å². The Hall–Kier alpha value is -3.88. The first-order valence-electron chi connectivity index (χ1n) is 11.1. The maximum atomic E-state index is 13.5. The van der Waals surface area contributed by atoms with Gasteiger partial charge in [-0.15, -0.1) is 0 Å². The molecule has 0 radical (unpaired) electrons. The fourth-order valence-electron chi connectivity index (χ4n) is 4.37. The van der Waals surface area contributed by atoms with Crippen LogP contribution in [0.3, 0.4) is 0 Å². The second-order valence-electron chi connectivity index (χ2n) is 8.24. The Balaban J connectivity index is 1.09. The van der Waals surface area contributed by atoms with Gasteiger partial charge in [0.25, 0.3) is 0 Å². The van der Waals surface area contributed by atoms with Crippen molar-refractivity contribution in [2.45, 2.75) is 12.8 Å². The van der Waals surface area contributed by atoms with Gasteiger partial charge < -0.3 is 25.1 Å². The van der Waals surface area contributed by atoms with E-state index in [-0.39, 0.29) is 17.8 Å². The summed E-state index contributed by atoms with van der Waals surface area (Å²) in [4.78, 5) is 39.3. The predicted octanol–water partition coefficient (Wildman–Crippen LogP) is 2.82. The average Bonchev–Trinajstić information content (AvgIpc) is 3.43. The number of nitrogens with zero attached hydrogens (tertiary/aromatic N) is 3. The number of fused-ring (bicyclic) bond motifs is 2. The Morgan fingerprint density at radius 1 is 1.00 bits per heavy atom. The number of carbonyl (C=O) groups excluding carboxylic acids is 2. The van der Waals surface area contributed by atoms with E-state index in [1.165, 1.54) is 12.1 Å². The van der Waals surface area contributed by atoms with E-state index in [1.54, 1.807) is 22.1 Å². The molecule has 3 amide bonds. The average molecular weight is 449 g/mol. The monoisotopic (exact) mass is 448 g/mol. The molecule has 1 aliphatic heterocycles. The minimum Gasteiger partial charge on any atom is -0.361 e. The van der Waals surface area contributed by atoms with Gasteiger partial charge in [0.2, 0.25) is 5.91 Å². The van der Waals surface area contributed by atoms with Crippen LogP contribution in [-0.4, -0.2) is 69.4 Å². The van der Waals surface area contributed by atoms with Crippen LogP contribution >= 0.6 is 0 Å². The highest BCUT2D eigenvalue weighted by Crippen LogP contribution is 2.20. The number of hydrogen-bond acceptors (Lipinski definition) is 3. The number of carbonyl (C=O) groups is 2. The van der Waals surface area contributed by atoms with Crippen molar-refractivity contribution in [3.8, 4) is 0 Å². The summed E-state index contributed by atoms with van der Waals surface area (Å²) in [7, 11) is 0. The highest BCUT2D eigenvalue weighted by atomic mass is 19.1. The van der Waals surface area contributed by atoms with Crippen molar-refractivity contribution in [3.63, 3.8) is 0 Å². The van der Waals surface area contributed by atoms with Crippen molar-refractivity contribution in [2.75, 3.05) is 32.7 Å². The molecule has 0 unspecified atom stereocenters. The smallest absolute Gasteiger partial charge is 0.317 e. The number of nitrogens with one attached hydrogen (secondary N) is 3. The van der Waals surface area contributed by atoms with Gasteiger partial charge in [-0.3, -0.25) is 4.79 Å². The Morgan fingerprint density at radius 2 is 1.79 bits per heavy atom. The third-order valence-corrected chi connectivity index (χ3v) is 6.20. The zero-order valence-corrected chi connectivity index (χ0v) is 18.1. The molecule has 1 aromatic carbocycles. The molecule has 0 saturated carbocycles. The summed E-state index contributed by atoms with van der Waals surface area (Å²) in [6.07, 6.45) is 6.32. The molecule has 9 heteroatoms. The van der Waals surface area contributed by atoms with E-state index in [1.807, 2.05) is 24.5 Å². The quantitative estimate of drug-likeness (QED) is 0.438. The van der Waals surface area contributed by atoms with Crippen LogP contribution in [0.5, 0.6) is 0 Å². The number of pyridine rings is 1. The lowest BCUT2D eigenvalue weighted by atomic mass is 10.1. The summed E-state index contributed by atoms with van der Waals surface area (Å²) < 4.78 is 13.5. The number of urea groups is 1. The van der Waals surface area contributed by atoms with Gasteiger partial charge >= 0.3 is 6.03 Å². The summed E-state index contributed by atoms with van der Waals surface area (Å²) in [6, 6.07) is 8.31. The Labute approximate surface area is 189 Å². The first-order valence-corrected chi connectivity index (χ1v) is 11.1. The maximum absolute atomic E-state index is 13.5. The van der Waals surface area contributed by atoms with E-state index in [0.717, 1.165) is 33.1 Å². The lowest BCUT2D eigenvalue weighted by Crippen LogP contribution is -2.53. The van der Waals surface area contributed by atoms with Crippen molar-refractivity contribution >= 4 is 33.9 Å². The van der Waals surface area contributed by atoms with Crippen LogP contribution in [-0.2, 0) is 17.6 Å². The van der Waals surface area contributed by atoms with Gasteiger partial charge in [-0.25, -0.2) is 14.2 Å². The fraction of sp³-hybridized carbons (Fsp3) is 0.292. The van der Waals surface area contributed by atoms with Gasteiger partial charge in [0, 0.05) is 67.6 Å². The molecular formula is C24H25FN6O2. The van der Waals surface area contributed by atoms with E-state index >= 15 is 0 Å². The summed E-state index contributed by atoms with van der Waals surface area (Å²) in [5, 5.41) is 4.73. The van der Waals surface area contributed by atoms with E-state index in [2.05, 4.69) is 20.3 Å². The van der Waals surface area contributed by atoms with Gasteiger partial charge in [0.15, 0.2) is 0 Å². The number of aromatic amines is 2. The van der Waals surface area contributed by atoms with Crippen molar-refractivity contribution in [1.29, 1.82) is 0 Å². The molecule has 33 heavy (non-hydrogen) atoms. The van der Waals surface area contributed by atoms with Crippen molar-refractivity contribution in [1.82, 2.24) is 30.1 Å². The Morgan fingerprint density at radius 3 is 2.64 bits per heavy atom. The number of benzene rings is 1. The predicted molar refractivity (Wildman–Crippen MR) is 123 cm³/mol. The Kier molecular flexibility index (Phi) is 5.68. The summed E-state index contributed by atoms with van der Waals surface area (Å²) in [5.41, 5.74) is 3.55. The number of halogens is 1. The number of aromatic nitrogens is 3. The largest absolute Gasteiger partial charge is 0.361 e. The van der Waals surface area contributed by atoms with E-state index in [4.69, 9.17) is 0 Å². The van der Waals surface area contributed by atoms with Crippen molar-refractivity contribution < 1.29 is 14.0 Å². The molecule has 3 N–H and O–H groups in total. The molecule has 0 aliphatic carbocycles. The van der Waals surface area contributed by atoms with Gasteiger partial charge in [-0.1, -0.05) is 0 Å². The highest BCUT2D eigenvalue weighted by Gasteiger charge is 2.24. The lowest BCUT2D eigenvalue weighted by molar-refractivity contribution is -0.131. The first-order chi connectivity index (χ1) is 16.1. The van der Waals surface area contributed by atoms with Crippen LogP contribution in [0.15, 0.2) is 48.9 Å². The molecule has 0 bridgehead atoms. The SMILES string of the molecule is O=C(Cc1c[nH]c2ncccc12)N1CCN(C(=O)NCCc2c[nH]c3ccc(F)cc23)CC1. The number of rotatable bonds is 5. The van der Waals surface area contributed by atoms with Crippen molar-refractivity contribution in [2.24, 2.45) is 0 Å². The molecule has 4 aromatic rings. The normalized spacial score (nSPS) is 14.2. The number of amides is 3. The van der Waals surface area contributed by atoms with E-state index < -0.39 is 0 Å². The third kappa shape index (κ3) is 4.39. The molecule has 8 nitrogen and oxygen atoms in total. The minimum atomic E-state index is -0.277. The second kappa shape index (κ2) is 8.93. The van der Waals surface area contributed by atoms with Crippen LogP contribution in [0.4, 0.5) is 9.18 Å². The van der Waals surface area contributed by atoms with Crippen LogP contribution in [0, 0.1) is 5.82 Å². The molecule has 4 heterocycles. The molecular weight excluding hydrogens is 423 g/mol. The molecule has 3 aromatic heterocycles. The van der Waals surface area contributed by atoms with Gasteiger partial charge in [0.05, 0.1) is 6.42 Å². The topological polar surface area (TPSA) is 97.1 Å². The molecule has 170 valence electrons. The minimum absolute atomic E-state index is 0.0476. The van der Waals surface area contributed by atoms with Crippen LogP contribution in [0.25, 0.3) is 21.9 Å². The summed E-state index contributed by atoms with van der Waals surface area (Å²) in [6.45, 7) is 2.45. The number of hydrogen-bond donors (Lipinski definition) is 3. The van der Waals surface area contributed by atoms with E-state index in [9.17, 15) is 14.0 Å². The maximum Gasteiger partial charge on any atom is 0.317 e. The number of piperazine rings is 1. The summed E-state index contributed by atoms with van der Waals surface area (Å²) >= 11 is 0. The zero-order valence-electron chi connectivity index (χ0n) is 18.1. The van der Waals surface area contributed by atoms with Crippen LogP contribution in [0.1, 0.15) is 11.1 Å². The standard InChI is InChI=1S/C24H25FN6O2/c25-18-3-4-21-20(13-18)16(14-28-21)5-7-27-24(33)31-10-8-30(9-11-31)22(32)12-17-15-29-23-19(17)2-1-6-26-23/h1-4,6,13-15,28H,5,7-12H2,(H,26,29)(H,27,33). The molecule has 1 aliphatic rings. The highest BCUT2D eigenvalue weighted by molar-refractivity contribution is 5.87. The molecule has 5 rings (SSSR count). The first kappa shape index (κ1) is 21.0. The second-order valence-corrected chi connectivity index (χ2v) is 8.24. The zero-order chi connectivity index (χ0) is 22.8. The van der Waals surface area contributed by atoms with Gasteiger partial charge in [-0.2, -0.15) is 0 Å². The molecule has 1 saturated heterocycles. The number of H-pyrrole nitrogens is 2. The lowest BCUT2D eigenvalue weighted by Gasteiger charge is -2.34. The van der Waals surface area contributed by atoms with Gasteiger partial charge in [-0.05, 0) is 47.9 Å². The summed E-state index contributed by atoms with van der Waals surface area (Å²) in [5.74, 6) is -0.229. The third-order valence-electron chi connectivity index (χ3n) is 6.20. The molecule has 1 fully saturated rings. The molecule has 0 spiro atoms. The van der Waals surface area contributed by atoms with Crippen LogP contribution < -0.4 is 5.32 Å².